The number of rotatable bonds is 5. The monoisotopic (exact) mass is 475 g/mol. The highest BCUT2D eigenvalue weighted by molar-refractivity contribution is 5.89. The zero-order valence-corrected chi connectivity index (χ0v) is 20.1. The van der Waals surface area contributed by atoms with Crippen molar-refractivity contribution in [3.8, 4) is 5.75 Å². The summed E-state index contributed by atoms with van der Waals surface area (Å²) in [6.07, 6.45) is 6.57. The molecule has 2 saturated heterocycles. The van der Waals surface area contributed by atoms with E-state index in [0.717, 1.165) is 67.8 Å². The molecule has 10 nitrogen and oxygen atoms in total. The molecule has 2 aliphatic heterocycles. The second-order valence-corrected chi connectivity index (χ2v) is 9.43. The van der Waals surface area contributed by atoms with Crippen molar-refractivity contribution >= 4 is 16.7 Å². The van der Waals surface area contributed by atoms with E-state index in [1.165, 1.54) is 10.8 Å². The summed E-state index contributed by atoms with van der Waals surface area (Å²) in [4.78, 5) is 22.4. The van der Waals surface area contributed by atoms with E-state index in [0.29, 0.717) is 17.8 Å². The van der Waals surface area contributed by atoms with E-state index >= 15 is 0 Å². The van der Waals surface area contributed by atoms with E-state index in [1.807, 2.05) is 30.5 Å². The summed E-state index contributed by atoms with van der Waals surface area (Å²) in [5.41, 5.74) is 3.11. The molecule has 0 radical (unpaired) electrons. The predicted octanol–water partition coefficient (Wildman–Crippen LogP) is 2.10. The standard InChI is InChI=1S/C25H29N7O3/c1-29-25(8-11-35-12-9-25)7-10-30(29)15-19-13-21-22(26-14-19)31(24(33)32-23(21)27-17-28-32)16-18-3-5-20(34-2)6-4-18/h3-6,13-14,17H,7-12,15-16H2,1-2H3. The summed E-state index contributed by atoms with van der Waals surface area (Å²) in [5, 5.41) is 9.81. The van der Waals surface area contributed by atoms with Gasteiger partial charge in [0, 0.05) is 45.1 Å². The Hall–Kier alpha value is -3.34. The highest BCUT2D eigenvalue weighted by Gasteiger charge is 2.44. The van der Waals surface area contributed by atoms with Crippen LogP contribution in [0.1, 0.15) is 30.4 Å². The number of ether oxygens (including phenoxy) is 2. The van der Waals surface area contributed by atoms with Gasteiger partial charge >= 0.3 is 5.69 Å². The highest BCUT2D eigenvalue weighted by atomic mass is 16.5. The lowest BCUT2D eigenvalue weighted by atomic mass is 9.88. The maximum Gasteiger partial charge on any atom is 0.352 e. The van der Waals surface area contributed by atoms with Gasteiger partial charge in [-0.15, -0.1) is 0 Å². The van der Waals surface area contributed by atoms with Crippen molar-refractivity contribution in [2.24, 2.45) is 0 Å². The Balaban J connectivity index is 1.35. The minimum atomic E-state index is -0.262. The van der Waals surface area contributed by atoms with Crippen LogP contribution in [0.25, 0.3) is 16.7 Å². The molecule has 35 heavy (non-hydrogen) atoms. The fraction of sp³-hybridized carbons (Fsp3) is 0.440. The van der Waals surface area contributed by atoms with Crippen molar-refractivity contribution in [1.29, 1.82) is 0 Å². The van der Waals surface area contributed by atoms with E-state index in [1.54, 1.807) is 11.7 Å². The topological polar surface area (TPSA) is 90.0 Å². The zero-order chi connectivity index (χ0) is 24.0. The van der Waals surface area contributed by atoms with Gasteiger partial charge < -0.3 is 9.47 Å². The minimum Gasteiger partial charge on any atom is -0.497 e. The van der Waals surface area contributed by atoms with Gasteiger partial charge in [-0.1, -0.05) is 12.1 Å². The van der Waals surface area contributed by atoms with E-state index in [-0.39, 0.29) is 11.2 Å². The van der Waals surface area contributed by atoms with Crippen molar-refractivity contribution in [2.45, 2.75) is 37.9 Å². The summed E-state index contributed by atoms with van der Waals surface area (Å²) < 4.78 is 13.9. The van der Waals surface area contributed by atoms with Crippen LogP contribution in [0, 0.1) is 0 Å². The average Bonchev–Trinajstić information content (AvgIpc) is 3.50. The number of hydrazine groups is 1. The number of aromatic nitrogens is 5. The minimum absolute atomic E-state index is 0.196. The molecule has 1 aromatic carbocycles. The summed E-state index contributed by atoms with van der Waals surface area (Å²) >= 11 is 0. The largest absolute Gasteiger partial charge is 0.497 e. The van der Waals surface area contributed by atoms with Gasteiger partial charge in [0.05, 0.1) is 19.0 Å². The summed E-state index contributed by atoms with van der Waals surface area (Å²) in [6, 6.07) is 9.78. The van der Waals surface area contributed by atoms with Crippen LogP contribution >= 0.6 is 0 Å². The molecule has 2 aliphatic rings. The Morgan fingerprint density at radius 2 is 1.83 bits per heavy atom. The summed E-state index contributed by atoms with van der Waals surface area (Å²) in [6.45, 7) is 3.78. The van der Waals surface area contributed by atoms with Gasteiger partial charge in [-0.3, -0.25) is 4.57 Å². The smallest absolute Gasteiger partial charge is 0.352 e. The van der Waals surface area contributed by atoms with Crippen molar-refractivity contribution < 1.29 is 9.47 Å². The number of nitrogens with zero attached hydrogens (tertiary/aromatic N) is 7. The first-order valence-corrected chi connectivity index (χ1v) is 12.0. The molecule has 1 spiro atoms. The molecule has 0 atom stereocenters. The molecule has 0 N–H and O–H groups in total. The first-order chi connectivity index (χ1) is 17.1. The molecule has 0 amide bonds. The fourth-order valence-corrected chi connectivity index (χ4v) is 5.46. The van der Waals surface area contributed by atoms with Crippen LogP contribution in [0.4, 0.5) is 0 Å². The van der Waals surface area contributed by atoms with Crippen molar-refractivity contribution in [1.82, 2.24) is 34.2 Å². The number of hydrogen-bond donors (Lipinski definition) is 0. The molecule has 6 rings (SSSR count). The van der Waals surface area contributed by atoms with E-state index in [2.05, 4.69) is 33.2 Å². The molecular formula is C25H29N7O3. The van der Waals surface area contributed by atoms with Gasteiger partial charge in [0.2, 0.25) is 0 Å². The molecule has 3 aromatic heterocycles. The summed E-state index contributed by atoms with van der Waals surface area (Å²) in [7, 11) is 3.83. The molecule has 5 heterocycles. The number of pyridine rings is 1. The zero-order valence-electron chi connectivity index (χ0n) is 20.1. The van der Waals surface area contributed by atoms with Gasteiger partial charge in [-0.2, -0.15) is 9.61 Å². The maximum atomic E-state index is 13.2. The lowest BCUT2D eigenvalue weighted by molar-refractivity contribution is -0.0789. The van der Waals surface area contributed by atoms with Crippen molar-refractivity contribution in [3.05, 3.63) is 64.5 Å². The lowest BCUT2D eigenvalue weighted by Gasteiger charge is -2.41. The van der Waals surface area contributed by atoms with E-state index in [4.69, 9.17) is 14.5 Å². The lowest BCUT2D eigenvalue weighted by Crippen LogP contribution is -2.50. The first-order valence-electron chi connectivity index (χ1n) is 12.0. The molecule has 0 aliphatic carbocycles. The van der Waals surface area contributed by atoms with Gasteiger partial charge in [0.1, 0.15) is 17.7 Å². The third kappa shape index (κ3) is 3.78. The molecule has 0 bridgehead atoms. The quantitative estimate of drug-likeness (QED) is 0.434. The first kappa shape index (κ1) is 22.1. The highest BCUT2D eigenvalue weighted by Crippen LogP contribution is 2.37. The Bertz CT molecular complexity index is 1420. The van der Waals surface area contributed by atoms with Crippen LogP contribution in [-0.4, -0.2) is 73.6 Å². The Kier molecular flexibility index (Phi) is 5.51. The molecule has 4 aromatic rings. The predicted molar refractivity (Wildman–Crippen MR) is 130 cm³/mol. The van der Waals surface area contributed by atoms with Crippen LogP contribution < -0.4 is 10.4 Å². The number of methoxy groups -OCH3 is 1. The van der Waals surface area contributed by atoms with Crippen LogP contribution in [0.5, 0.6) is 5.75 Å². The Morgan fingerprint density at radius 3 is 2.60 bits per heavy atom. The van der Waals surface area contributed by atoms with Crippen molar-refractivity contribution in [3.63, 3.8) is 0 Å². The van der Waals surface area contributed by atoms with Crippen LogP contribution in [-0.2, 0) is 17.8 Å². The van der Waals surface area contributed by atoms with Crippen LogP contribution in [0.3, 0.4) is 0 Å². The van der Waals surface area contributed by atoms with Gasteiger partial charge in [-0.05, 0) is 48.6 Å². The van der Waals surface area contributed by atoms with Gasteiger partial charge in [-0.25, -0.2) is 24.8 Å². The fourth-order valence-electron chi connectivity index (χ4n) is 5.46. The number of fused-ring (bicyclic) bond motifs is 3. The average molecular weight is 476 g/mol. The van der Waals surface area contributed by atoms with E-state index in [9.17, 15) is 4.79 Å². The Labute approximate surface area is 202 Å². The number of benzene rings is 1. The number of hydrogen-bond acceptors (Lipinski definition) is 8. The Morgan fingerprint density at radius 1 is 1.03 bits per heavy atom. The van der Waals surface area contributed by atoms with E-state index < -0.39 is 0 Å². The van der Waals surface area contributed by atoms with Crippen molar-refractivity contribution in [2.75, 3.05) is 33.9 Å². The molecule has 2 fully saturated rings. The second-order valence-electron chi connectivity index (χ2n) is 9.43. The second kappa shape index (κ2) is 8.71. The molecule has 10 heteroatoms. The third-order valence-electron chi connectivity index (χ3n) is 7.61. The SMILES string of the molecule is COc1ccc(Cn2c(=O)n3ncnc3c3cc(CN4CCC5(CCOCC5)N4C)cnc32)cc1. The molecule has 0 saturated carbocycles. The molecular weight excluding hydrogens is 446 g/mol. The van der Waals surface area contributed by atoms with Gasteiger partial charge in [0.25, 0.3) is 0 Å². The van der Waals surface area contributed by atoms with Crippen LogP contribution in [0.2, 0.25) is 0 Å². The molecule has 182 valence electrons. The normalized spacial score (nSPS) is 18.7. The van der Waals surface area contributed by atoms with Gasteiger partial charge in [0.15, 0.2) is 5.65 Å². The van der Waals surface area contributed by atoms with Crippen LogP contribution in [0.15, 0.2) is 47.7 Å². The summed E-state index contributed by atoms with van der Waals surface area (Å²) in [5.74, 6) is 0.773. The molecule has 0 unspecified atom stereocenters. The third-order valence-corrected chi connectivity index (χ3v) is 7.61. The maximum absolute atomic E-state index is 13.2.